The van der Waals surface area contributed by atoms with Gasteiger partial charge in [0.05, 0.1) is 5.56 Å². The molecule has 0 aliphatic carbocycles. The molecule has 1 fully saturated rings. The first kappa shape index (κ1) is 21.3. The summed E-state index contributed by atoms with van der Waals surface area (Å²) in [5.41, 5.74) is 2.56. The van der Waals surface area contributed by atoms with Crippen molar-refractivity contribution >= 4 is 29.0 Å². The van der Waals surface area contributed by atoms with Crippen molar-refractivity contribution in [2.24, 2.45) is 0 Å². The molecule has 2 heterocycles. The third kappa shape index (κ3) is 6.06. The number of hydrogen-bond donors (Lipinski definition) is 2. The van der Waals surface area contributed by atoms with Crippen LogP contribution in [-0.4, -0.2) is 41.5 Å². The fraction of sp³-hybridized carbons (Fsp3) is 0.280. The lowest BCUT2D eigenvalue weighted by Crippen LogP contribution is -2.43. The Hall–Kier alpha value is -2.89. The zero-order valence-corrected chi connectivity index (χ0v) is 18.2. The zero-order chi connectivity index (χ0) is 21.5. The smallest absolute Gasteiger partial charge is 0.259 e. The average Bonchev–Trinajstić information content (AvgIpc) is 2.79. The van der Waals surface area contributed by atoms with Crippen molar-refractivity contribution in [3.05, 3.63) is 89.1 Å². The summed E-state index contributed by atoms with van der Waals surface area (Å²) in [6.45, 7) is 3.08. The number of piperidine rings is 1. The molecule has 1 atom stereocenters. The first-order chi connectivity index (χ1) is 15.2. The molecule has 1 aromatic heterocycles. The van der Waals surface area contributed by atoms with Gasteiger partial charge in [-0.05, 0) is 61.7 Å². The monoisotopic (exact) mass is 434 g/mol. The normalized spacial score (nSPS) is 16.6. The minimum Gasteiger partial charge on any atom is -0.365 e. The van der Waals surface area contributed by atoms with Crippen molar-refractivity contribution in [2.75, 3.05) is 30.3 Å². The summed E-state index contributed by atoms with van der Waals surface area (Å²) in [7, 11) is 0. The van der Waals surface area contributed by atoms with Gasteiger partial charge in [-0.25, -0.2) is 4.98 Å². The Morgan fingerprint density at radius 1 is 1.10 bits per heavy atom. The molecule has 0 radical (unpaired) electrons. The van der Waals surface area contributed by atoms with E-state index < -0.39 is 0 Å². The predicted molar refractivity (Wildman–Crippen MR) is 127 cm³/mol. The van der Waals surface area contributed by atoms with Crippen LogP contribution in [0.5, 0.6) is 0 Å². The van der Waals surface area contributed by atoms with Crippen LogP contribution in [0.2, 0.25) is 5.02 Å². The molecule has 2 N–H and O–H groups in total. The van der Waals surface area contributed by atoms with Crippen molar-refractivity contribution in [1.82, 2.24) is 9.88 Å². The van der Waals surface area contributed by atoms with E-state index in [9.17, 15) is 4.79 Å². The van der Waals surface area contributed by atoms with Crippen LogP contribution in [0.3, 0.4) is 0 Å². The second-order valence-corrected chi connectivity index (χ2v) is 8.32. The standard InChI is InChI=1S/C25H27ClN4O/c26-20-9-4-10-21(17-20)29-25(31)23-12-5-14-27-24(23)28-22-11-6-15-30(18-22)16-13-19-7-2-1-3-8-19/h1-5,7-10,12,14,17,22H,6,11,13,15-16,18H2,(H,27,28)(H,29,31)/t22-/m1/s1. The minimum absolute atomic E-state index is 0.199. The maximum absolute atomic E-state index is 12.9. The first-order valence-electron chi connectivity index (χ1n) is 10.7. The molecule has 4 rings (SSSR count). The Kier molecular flexibility index (Phi) is 7.18. The molecule has 5 nitrogen and oxygen atoms in total. The Balaban J connectivity index is 1.38. The zero-order valence-electron chi connectivity index (χ0n) is 17.4. The lowest BCUT2D eigenvalue weighted by Gasteiger charge is -2.33. The van der Waals surface area contributed by atoms with Gasteiger partial charge >= 0.3 is 0 Å². The molecule has 31 heavy (non-hydrogen) atoms. The van der Waals surface area contributed by atoms with Crippen LogP contribution in [0.15, 0.2) is 72.9 Å². The van der Waals surface area contributed by atoms with E-state index in [1.807, 2.05) is 12.1 Å². The number of aromatic nitrogens is 1. The van der Waals surface area contributed by atoms with Crippen molar-refractivity contribution < 1.29 is 4.79 Å². The van der Waals surface area contributed by atoms with Crippen LogP contribution in [0.4, 0.5) is 11.5 Å². The van der Waals surface area contributed by atoms with E-state index in [1.165, 1.54) is 5.56 Å². The van der Waals surface area contributed by atoms with Crippen LogP contribution < -0.4 is 10.6 Å². The summed E-state index contributed by atoms with van der Waals surface area (Å²) in [5, 5.41) is 7.01. The summed E-state index contributed by atoms with van der Waals surface area (Å²) in [6.07, 6.45) is 4.95. The summed E-state index contributed by atoms with van der Waals surface area (Å²) >= 11 is 6.03. The topological polar surface area (TPSA) is 57.3 Å². The third-order valence-corrected chi connectivity index (χ3v) is 5.78. The summed E-state index contributed by atoms with van der Waals surface area (Å²) in [4.78, 5) is 19.8. The number of nitrogens with zero attached hydrogens (tertiary/aromatic N) is 2. The highest BCUT2D eigenvalue weighted by atomic mass is 35.5. The predicted octanol–water partition coefficient (Wildman–Crippen LogP) is 5.11. The number of rotatable bonds is 7. The van der Waals surface area contributed by atoms with Crippen LogP contribution >= 0.6 is 11.6 Å². The molecule has 1 aliphatic rings. The van der Waals surface area contributed by atoms with Gasteiger partial charge in [-0.1, -0.05) is 48.0 Å². The molecule has 160 valence electrons. The van der Waals surface area contributed by atoms with Gasteiger partial charge in [0.25, 0.3) is 5.91 Å². The number of pyridine rings is 1. The Morgan fingerprint density at radius 2 is 1.97 bits per heavy atom. The van der Waals surface area contributed by atoms with E-state index in [-0.39, 0.29) is 11.9 Å². The van der Waals surface area contributed by atoms with E-state index in [1.54, 1.807) is 30.5 Å². The molecule has 6 heteroatoms. The van der Waals surface area contributed by atoms with Gasteiger partial charge in [0, 0.05) is 36.0 Å². The van der Waals surface area contributed by atoms with Crippen LogP contribution in [0.25, 0.3) is 0 Å². The van der Waals surface area contributed by atoms with Crippen LogP contribution in [0, 0.1) is 0 Å². The fourth-order valence-electron chi connectivity index (χ4n) is 3.97. The molecular weight excluding hydrogens is 408 g/mol. The molecular formula is C25H27ClN4O. The van der Waals surface area contributed by atoms with Crippen LogP contribution in [-0.2, 0) is 6.42 Å². The molecule has 3 aromatic rings. The second kappa shape index (κ2) is 10.4. The maximum atomic E-state index is 12.9. The van der Waals surface area contributed by atoms with E-state index >= 15 is 0 Å². The van der Waals surface area contributed by atoms with Gasteiger partial charge in [0.2, 0.25) is 0 Å². The van der Waals surface area contributed by atoms with E-state index in [4.69, 9.17) is 11.6 Å². The number of carbonyl (C=O) groups excluding carboxylic acids is 1. The maximum Gasteiger partial charge on any atom is 0.259 e. The van der Waals surface area contributed by atoms with Gasteiger partial charge in [-0.15, -0.1) is 0 Å². The molecule has 0 spiro atoms. The van der Waals surface area contributed by atoms with Crippen molar-refractivity contribution in [2.45, 2.75) is 25.3 Å². The lowest BCUT2D eigenvalue weighted by atomic mass is 10.0. The van der Waals surface area contributed by atoms with Gasteiger partial charge in [0.1, 0.15) is 5.82 Å². The highest BCUT2D eigenvalue weighted by molar-refractivity contribution is 6.31. The molecule has 2 aromatic carbocycles. The minimum atomic E-state index is -0.199. The molecule has 0 unspecified atom stereocenters. The highest BCUT2D eigenvalue weighted by Gasteiger charge is 2.22. The van der Waals surface area contributed by atoms with Gasteiger partial charge < -0.3 is 15.5 Å². The van der Waals surface area contributed by atoms with Gasteiger partial charge in [0.15, 0.2) is 0 Å². The molecule has 1 aliphatic heterocycles. The second-order valence-electron chi connectivity index (χ2n) is 7.88. The first-order valence-corrected chi connectivity index (χ1v) is 11.1. The van der Waals surface area contributed by atoms with E-state index in [2.05, 4.69) is 50.8 Å². The largest absolute Gasteiger partial charge is 0.365 e. The summed E-state index contributed by atoms with van der Waals surface area (Å²) in [5.74, 6) is 0.423. The average molecular weight is 435 g/mol. The summed E-state index contributed by atoms with van der Waals surface area (Å²) in [6, 6.07) is 21.6. The molecule has 0 saturated carbocycles. The Labute approximate surface area is 188 Å². The van der Waals surface area contributed by atoms with Gasteiger partial charge in [-0.2, -0.15) is 0 Å². The fourth-order valence-corrected chi connectivity index (χ4v) is 4.16. The van der Waals surface area contributed by atoms with E-state index in [0.717, 1.165) is 38.9 Å². The van der Waals surface area contributed by atoms with Crippen LogP contribution in [0.1, 0.15) is 28.8 Å². The van der Waals surface area contributed by atoms with Crippen molar-refractivity contribution in [1.29, 1.82) is 0 Å². The SMILES string of the molecule is O=C(Nc1cccc(Cl)c1)c1cccnc1N[C@@H]1CCCN(CCc2ccccc2)C1. The lowest BCUT2D eigenvalue weighted by molar-refractivity contribution is 0.102. The molecule has 1 saturated heterocycles. The number of likely N-dealkylation sites (tertiary alicyclic amines) is 1. The summed E-state index contributed by atoms with van der Waals surface area (Å²) < 4.78 is 0. The number of nitrogens with one attached hydrogen (secondary N) is 2. The number of hydrogen-bond acceptors (Lipinski definition) is 4. The Morgan fingerprint density at radius 3 is 2.81 bits per heavy atom. The van der Waals surface area contributed by atoms with Gasteiger partial charge in [-0.3, -0.25) is 4.79 Å². The number of amides is 1. The number of benzene rings is 2. The molecule has 0 bridgehead atoms. The quantitative estimate of drug-likeness (QED) is 0.542. The number of anilines is 2. The van der Waals surface area contributed by atoms with E-state index in [0.29, 0.717) is 22.1 Å². The highest BCUT2D eigenvalue weighted by Crippen LogP contribution is 2.21. The number of halogens is 1. The van der Waals surface area contributed by atoms with Crippen molar-refractivity contribution in [3.8, 4) is 0 Å². The third-order valence-electron chi connectivity index (χ3n) is 5.54. The molecule has 1 amide bonds. The number of carbonyl (C=O) groups is 1. The van der Waals surface area contributed by atoms with Crippen molar-refractivity contribution in [3.63, 3.8) is 0 Å². The Bertz CT molecular complexity index is 1010.